The summed E-state index contributed by atoms with van der Waals surface area (Å²) in [6, 6.07) is 9.90. The van der Waals surface area contributed by atoms with Gasteiger partial charge in [-0.2, -0.15) is 0 Å². The van der Waals surface area contributed by atoms with Gasteiger partial charge in [-0.3, -0.25) is 9.69 Å². The first kappa shape index (κ1) is 22.7. The maximum atomic E-state index is 11.9. The van der Waals surface area contributed by atoms with Crippen LogP contribution in [0.25, 0.3) is 21.6 Å². The van der Waals surface area contributed by atoms with Crippen LogP contribution in [0.3, 0.4) is 0 Å². The molecule has 0 saturated carbocycles. The average Bonchev–Trinajstić information content (AvgIpc) is 3.27. The molecule has 0 N–H and O–H groups in total. The van der Waals surface area contributed by atoms with Gasteiger partial charge in [0, 0.05) is 61.8 Å². The van der Waals surface area contributed by atoms with Crippen molar-refractivity contribution in [3.63, 3.8) is 0 Å². The number of ether oxygens (including phenoxy) is 1. The number of carbonyl (C=O) groups is 1. The van der Waals surface area contributed by atoms with Crippen molar-refractivity contribution >= 4 is 45.1 Å². The van der Waals surface area contributed by atoms with E-state index in [9.17, 15) is 4.79 Å². The standard InChI is InChI=1S/C24H29N5O2S2/c1-17(30)18-4-3-5-19(14-18)22-25-23(28-10-12-31-13-11-28)21-15-20(33-24(21)26-22)16-27-6-8-29(32-2)9-7-27/h3-5,14-15H,6-13,16H2,1-2H3. The lowest BCUT2D eigenvalue weighted by atomic mass is 10.1. The summed E-state index contributed by atoms with van der Waals surface area (Å²) in [7, 11) is 0. The van der Waals surface area contributed by atoms with Crippen molar-refractivity contribution < 1.29 is 9.53 Å². The van der Waals surface area contributed by atoms with Crippen molar-refractivity contribution in [2.75, 3.05) is 63.6 Å². The SMILES string of the molecule is CSN1CCN(Cc2cc3c(N4CCOCC4)nc(-c4cccc(C(C)=O)c4)nc3s2)CC1. The Bertz CT molecular complexity index is 1140. The second-order valence-corrected chi connectivity index (χ2v) is 10.4. The smallest absolute Gasteiger partial charge is 0.163 e. The number of ketones is 1. The zero-order valence-corrected chi connectivity index (χ0v) is 20.8. The summed E-state index contributed by atoms with van der Waals surface area (Å²) in [6.45, 7) is 9.95. The fourth-order valence-electron chi connectivity index (χ4n) is 4.35. The zero-order valence-electron chi connectivity index (χ0n) is 19.1. The third-order valence-corrected chi connectivity index (χ3v) is 8.13. The first-order valence-corrected chi connectivity index (χ1v) is 13.4. The van der Waals surface area contributed by atoms with Gasteiger partial charge >= 0.3 is 0 Å². The molecule has 0 spiro atoms. The quantitative estimate of drug-likeness (QED) is 0.388. The van der Waals surface area contributed by atoms with Crippen LogP contribution in [0.4, 0.5) is 5.82 Å². The highest BCUT2D eigenvalue weighted by molar-refractivity contribution is 7.96. The van der Waals surface area contributed by atoms with Crippen LogP contribution in [0.5, 0.6) is 0 Å². The van der Waals surface area contributed by atoms with Crippen LogP contribution in [0.2, 0.25) is 0 Å². The van der Waals surface area contributed by atoms with Crippen molar-refractivity contribution in [2.45, 2.75) is 13.5 Å². The largest absolute Gasteiger partial charge is 0.378 e. The molecule has 5 rings (SSSR count). The molecule has 174 valence electrons. The highest BCUT2D eigenvalue weighted by Crippen LogP contribution is 2.34. The van der Waals surface area contributed by atoms with Crippen LogP contribution < -0.4 is 4.90 Å². The number of Topliss-reactive ketones (excluding diaryl/α,β-unsaturated/α-hetero) is 1. The van der Waals surface area contributed by atoms with E-state index >= 15 is 0 Å². The van der Waals surface area contributed by atoms with Gasteiger partial charge in [-0.25, -0.2) is 14.3 Å². The predicted octanol–water partition coefficient (Wildman–Crippen LogP) is 3.79. The third-order valence-electron chi connectivity index (χ3n) is 6.23. The van der Waals surface area contributed by atoms with E-state index in [-0.39, 0.29) is 5.78 Å². The van der Waals surface area contributed by atoms with Crippen LogP contribution in [0.15, 0.2) is 30.3 Å². The van der Waals surface area contributed by atoms with Crippen molar-refractivity contribution in [1.82, 2.24) is 19.2 Å². The number of fused-ring (bicyclic) bond motifs is 1. The Hall–Kier alpha value is -2.04. The molecule has 0 aliphatic carbocycles. The minimum absolute atomic E-state index is 0.0475. The van der Waals surface area contributed by atoms with Crippen molar-refractivity contribution in [3.8, 4) is 11.4 Å². The van der Waals surface area contributed by atoms with Crippen LogP contribution in [0.1, 0.15) is 22.2 Å². The lowest BCUT2D eigenvalue weighted by Crippen LogP contribution is -2.42. The fraction of sp³-hybridized carbons (Fsp3) is 0.458. The maximum absolute atomic E-state index is 11.9. The van der Waals surface area contributed by atoms with Gasteiger partial charge in [-0.15, -0.1) is 11.3 Å². The van der Waals surface area contributed by atoms with E-state index in [1.807, 2.05) is 36.2 Å². The van der Waals surface area contributed by atoms with Crippen molar-refractivity contribution in [2.24, 2.45) is 0 Å². The number of aromatic nitrogens is 2. The normalized spacial score (nSPS) is 18.2. The second kappa shape index (κ2) is 10.1. The lowest BCUT2D eigenvalue weighted by molar-refractivity contribution is 0.101. The van der Waals surface area contributed by atoms with E-state index < -0.39 is 0 Å². The Morgan fingerprint density at radius 2 is 1.88 bits per heavy atom. The Kier molecular flexibility index (Phi) is 6.94. The molecule has 33 heavy (non-hydrogen) atoms. The number of hydrogen-bond acceptors (Lipinski definition) is 9. The van der Waals surface area contributed by atoms with Crippen LogP contribution in [0, 0.1) is 0 Å². The minimum atomic E-state index is 0.0475. The summed E-state index contributed by atoms with van der Waals surface area (Å²) in [5, 5.41) is 1.12. The Labute approximate surface area is 202 Å². The first-order valence-electron chi connectivity index (χ1n) is 11.4. The number of carbonyl (C=O) groups excluding carboxylic acids is 1. The van der Waals surface area contributed by atoms with E-state index in [2.05, 4.69) is 26.4 Å². The summed E-state index contributed by atoms with van der Waals surface area (Å²) in [4.78, 5) is 29.0. The minimum Gasteiger partial charge on any atom is -0.378 e. The fourth-order valence-corrected chi connectivity index (χ4v) is 5.94. The molecule has 4 heterocycles. The van der Waals surface area contributed by atoms with Gasteiger partial charge in [0.2, 0.25) is 0 Å². The molecule has 0 radical (unpaired) electrons. The molecule has 0 atom stereocenters. The van der Waals surface area contributed by atoms with E-state index in [1.54, 1.807) is 18.3 Å². The van der Waals surface area contributed by atoms with Gasteiger partial charge in [0.15, 0.2) is 11.6 Å². The molecule has 2 aliphatic heterocycles. The molecule has 2 aromatic heterocycles. The topological polar surface area (TPSA) is 61.8 Å². The van der Waals surface area contributed by atoms with E-state index in [4.69, 9.17) is 14.7 Å². The summed E-state index contributed by atoms with van der Waals surface area (Å²) in [5.74, 6) is 1.70. The number of nitrogens with zero attached hydrogens (tertiary/aromatic N) is 5. The summed E-state index contributed by atoms with van der Waals surface area (Å²) >= 11 is 3.59. The molecule has 2 fully saturated rings. The summed E-state index contributed by atoms with van der Waals surface area (Å²) < 4.78 is 8.00. The average molecular weight is 484 g/mol. The van der Waals surface area contributed by atoms with E-state index in [0.717, 1.165) is 67.4 Å². The predicted molar refractivity (Wildman–Crippen MR) is 136 cm³/mol. The number of piperazine rings is 1. The highest BCUT2D eigenvalue weighted by atomic mass is 32.2. The molecule has 0 bridgehead atoms. The van der Waals surface area contributed by atoms with Gasteiger partial charge < -0.3 is 9.64 Å². The monoisotopic (exact) mass is 483 g/mol. The molecule has 7 nitrogen and oxygen atoms in total. The first-order chi connectivity index (χ1) is 16.1. The summed E-state index contributed by atoms with van der Waals surface area (Å²) in [6.07, 6.45) is 2.15. The van der Waals surface area contributed by atoms with Crippen LogP contribution in [-0.2, 0) is 11.3 Å². The Morgan fingerprint density at radius 3 is 2.61 bits per heavy atom. The lowest BCUT2D eigenvalue weighted by Gasteiger charge is -2.32. The molecule has 9 heteroatoms. The molecule has 0 amide bonds. The number of morpholine rings is 1. The molecular formula is C24H29N5O2S2. The van der Waals surface area contributed by atoms with Crippen LogP contribution in [-0.4, -0.2) is 83.7 Å². The molecule has 1 aromatic carbocycles. The number of benzene rings is 1. The van der Waals surface area contributed by atoms with Crippen molar-refractivity contribution in [3.05, 3.63) is 40.8 Å². The molecular weight excluding hydrogens is 454 g/mol. The van der Waals surface area contributed by atoms with Gasteiger partial charge in [0.1, 0.15) is 10.6 Å². The molecule has 2 saturated heterocycles. The van der Waals surface area contributed by atoms with Gasteiger partial charge in [-0.05, 0) is 25.3 Å². The van der Waals surface area contributed by atoms with Crippen molar-refractivity contribution in [1.29, 1.82) is 0 Å². The Morgan fingerprint density at radius 1 is 1.09 bits per heavy atom. The number of thiophene rings is 1. The summed E-state index contributed by atoms with van der Waals surface area (Å²) in [5.41, 5.74) is 1.56. The molecule has 0 unspecified atom stereocenters. The van der Waals surface area contributed by atoms with E-state index in [1.165, 1.54) is 4.88 Å². The maximum Gasteiger partial charge on any atom is 0.163 e. The van der Waals surface area contributed by atoms with Gasteiger partial charge in [0.25, 0.3) is 0 Å². The number of rotatable bonds is 6. The van der Waals surface area contributed by atoms with Crippen LogP contribution >= 0.6 is 23.3 Å². The second-order valence-electron chi connectivity index (χ2n) is 8.43. The highest BCUT2D eigenvalue weighted by Gasteiger charge is 2.22. The number of hydrogen-bond donors (Lipinski definition) is 0. The van der Waals surface area contributed by atoms with E-state index in [0.29, 0.717) is 24.6 Å². The van der Waals surface area contributed by atoms with Gasteiger partial charge in [0.05, 0.1) is 18.6 Å². The van der Waals surface area contributed by atoms with Gasteiger partial charge in [-0.1, -0.05) is 30.1 Å². The molecule has 3 aromatic rings. The third kappa shape index (κ3) is 5.07. The molecule has 2 aliphatic rings. The zero-order chi connectivity index (χ0) is 22.8. The Balaban J connectivity index is 1.50. The number of anilines is 1.